The van der Waals surface area contributed by atoms with Crippen molar-refractivity contribution in [3.8, 4) is 5.75 Å². The second kappa shape index (κ2) is 9.21. The van der Waals surface area contributed by atoms with Crippen LogP contribution in [-0.4, -0.2) is 5.11 Å². The van der Waals surface area contributed by atoms with Crippen LogP contribution in [0.15, 0.2) is 152 Å². The van der Waals surface area contributed by atoms with E-state index in [0.717, 1.165) is 22.6 Å². The van der Waals surface area contributed by atoms with Crippen molar-refractivity contribution in [2.75, 3.05) is 0 Å². The largest absolute Gasteiger partial charge is 0.507 e. The Kier molecular flexibility index (Phi) is 5.33. The molecule has 8 aromatic rings. The summed E-state index contributed by atoms with van der Waals surface area (Å²) in [5.41, 5.74) is 4.68. The summed E-state index contributed by atoms with van der Waals surface area (Å²) in [4.78, 5) is 0. The van der Waals surface area contributed by atoms with Gasteiger partial charge in [-0.05, 0) is 73.1 Å². The highest BCUT2D eigenvalue weighted by Crippen LogP contribution is 2.46. The highest BCUT2D eigenvalue weighted by atomic mass is 16.3. The highest BCUT2D eigenvalue weighted by molar-refractivity contribution is 6.24. The van der Waals surface area contributed by atoms with E-state index in [1.165, 1.54) is 49.2 Å². The van der Waals surface area contributed by atoms with Gasteiger partial charge in [0, 0.05) is 16.2 Å². The Morgan fingerprint density at radius 2 is 0.951 bits per heavy atom. The predicted octanol–water partition coefficient (Wildman–Crippen LogP) is 10.0. The number of hydrogen-bond acceptors (Lipinski definition) is 1. The standard InChI is InChI=1S/C40H28O/c41-37-24-20-29-18-22-35-31(16-15-28-19-23-36(37)39(29)38(28)35)26-40(32-11-3-1-4-12-32,33-13-5-2-6-14-33)34-21-17-27-9-7-8-10-30(27)25-34/h1-25,41H,26H2. The van der Waals surface area contributed by atoms with Gasteiger partial charge in [0.1, 0.15) is 5.75 Å². The first-order valence-electron chi connectivity index (χ1n) is 14.2. The van der Waals surface area contributed by atoms with Crippen molar-refractivity contribution in [1.29, 1.82) is 0 Å². The van der Waals surface area contributed by atoms with E-state index >= 15 is 0 Å². The topological polar surface area (TPSA) is 20.2 Å². The van der Waals surface area contributed by atoms with Crippen molar-refractivity contribution >= 4 is 43.1 Å². The van der Waals surface area contributed by atoms with Crippen molar-refractivity contribution in [3.63, 3.8) is 0 Å². The van der Waals surface area contributed by atoms with E-state index in [1.807, 2.05) is 12.1 Å². The molecular weight excluding hydrogens is 496 g/mol. The van der Waals surface area contributed by atoms with Crippen LogP contribution >= 0.6 is 0 Å². The van der Waals surface area contributed by atoms with Crippen LogP contribution in [0.25, 0.3) is 43.1 Å². The summed E-state index contributed by atoms with van der Waals surface area (Å²) in [6.07, 6.45) is 0.791. The number of rotatable bonds is 5. The van der Waals surface area contributed by atoms with Gasteiger partial charge < -0.3 is 5.11 Å². The van der Waals surface area contributed by atoms with Crippen LogP contribution in [0.5, 0.6) is 5.75 Å². The Morgan fingerprint density at radius 1 is 0.415 bits per heavy atom. The summed E-state index contributed by atoms with van der Waals surface area (Å²) in [6.45, 7) is 0. The van der Waals surface area contributed by atoms with Gasteiger partial charge in [-0.2, -0.15) is 0 Å². The molecule has 0 aromatic heterocycles. The molecule has 1 nitrogen and oxygen atoms in total. The van der Waals surface area contributed by atoms with Crippen LogP contribution in [0.4, 0.5) is 0 Å². The van der Waals surface area contributed by atoms with Crippen LogP contribution in [0.1, 0.15) is 22.3 Å². The molecule has 0 spiro atoms. The maximum atomic E-state index is 10.7. The molecule has 0 saturated carbocycles. The summed E-state index contributed by atoms with van der Waals surface area (Å²) in [6, 6.07) is 54.5. The van der Waals surface area contributed by atoms with Crippen LogP contribution in [0, 0.1) is 0 Å². The molecule has 0 amide bonds. The Morgan fingerprint density at radius 3 is 1.66 bits per heavy atom. The number of phenols is 1. The van der Waals surface area contributed by atoms with Crippen molar-refractivity contribution in [2.45, 2.75) is 11.8 Å². The van der Waals surface area contributed by atoms with Gasteiger partial charge in [-0.3, -0.25) is 0 Å². The fourth-order valence-electron chi connectivity index (χ4n) is 6.99. The monoisotopic (exact) mass is 524 g/mol. The lowest BCUT2D eigenvalue weighted by molar-refractivity contribution is 0.482. The van der Waals surface area contributed by atoms with Gasteiger partial charge >= 0.3 is 0 Å². The van der Waals surface area contributed by atoms with Gasteiger partial charge in [0.15, 0.2) is 0 Å². The number of benzene rings is 8. The lowest BCUT2D eigenvalue weighted by atomic mass is 9.65. The zero-order chi connectivity index (χ0) is 27.4. The Bertz CT molecular complexity index is 2140. The summed E-state index contributed by atoms with van der Waals surface area (Å²) in [5.74, 6) is 0.330. The summed E-state index contributed by atoms with van der Waals surface area (Å²) < 4.78 is 0. The smallest absolute Gasteiger partial charge is 0.123 e. The molecule has 8 rings (SSSR count). The second-order valence-corrected chi connectivity index (χ2v) is 11.1. The molecule has 8 aromatic carbocycles. The number of phenolic OH excluding ortho intramolecular Hbond substituents is 1. The second-order valence-electron chi connectivity index (χ2n) is 11.1. The zero-order valence-electron chi connectivity index (χ0n) is 22.6. The molecule has 0 atom stereocenters. The zero-order valence-corrected chi connectivity index (χ0v) is 22.6. The third-order valence-electron chi connectivity index (χ3n) is 8.96. The summed E-state index contributed by atoms with van der Waals surface area (Å²) in [7, 11) is 0. The fourth-order valence-corrected chi connectivity index (χ4v) is 6.99. The molecule has 0 aliphatic carbocycles. The van der Waals surface area contributed by atoms with Gasteiger partial charge in [0.05, 0.1) is 0 Å². The molecule has 0 radical (unpaired) electrons. The molecular formula is C40H28O. The SMILES string of the molecule is Oc1ccc2ccc3c(CC(c4ccccc4)(c4ccccc4)c4ccc5ccccc5c4)ccc4ccc1c2c43. The Balaban J connectivity index is 1.46. The minimum Gasteiger partial charge on any atom is -0.507 e. The number of aromatic hydroxyl groups is 1. The minimum absolute atomic E-state index is 0.330. The highest BCUT2D eigenvalue weighted by Gasteiger charge is 2.37. The molecule has 0 bridgehead atoms. The maximum absolute atomic E-state index is 10.7. The predicted molar refractivity (Wildman–Crippen MR) is 172 cm³/mol. The molecule has 0 saturated heterocycles. The van der Waals surface area contributed by atoms with Gasteiger partial charge in [0.2, 0.25) is 0 Å². The molecule has 1 N–H and O–H groups in total. The van der Waals surface area contributed by atoms with Crippen LogP contribution < -0.4 is 0 Å². The molecule has 0 fully saturated rings. The van der Waals surface area contributed by atoms with Gasteiger partial charge in [-0.1, -0.05) is 140 Å². The summed E-state index contributed by atoms with van der Waals surface area (Å²) >= 11 is 0. The van der Waals surface area contributed by atoms with Crippen LogP contribution in [-0.2, 0) is 11.8 Å². The molecule has 41 heavy (non-hydrogen) atoms. The van der Waals surface area contributed by atoms with Crippen molar-refractivity contribution in [1.82, 2.24) is 0 Å². The average molecular weight is 525 g/mol. The molecule has 194 valence electrons. The number of hydrogen-bond donors (Lipinski definition) is 1. The van der Waals surface area contributed by atoms with E-state index in [-0.39, 0.29) is 0 Å². The first-order valence-corrected chi connectivity index (χ1v) is 14.2. The van der Waals surface area contributed by atoms with E-state index < -0.39 is 5.41 Å². The normalized spacial score (nSPS) is 12.1. The molecule has 0 heterocycles. The first kappa shape index (κ1) is 23.7. The van der Waals surface area contributed by atoms with E-state index in [9.17, 15) is 5.11 Å². The fraction of sp³-hybridized carbons (Fsp3) is 0.0500. The lowest BCUT2D eigenvalue weighted by Crippen LogP contribution is -2.32. The van der Waals surface area contributed by atoms with Crippen molar-refractivity contribution in [2.24, 2.45) is 0 Å². The molecule has 0 unspecified atom stereocenters. The third kappa shape index (κ3) is 3.63. The van der Waals surface area contributed by atoms with E-state index in [4.69, 9.17) is 0 Å². The van der Waals surface area contributed by atoms with Crippen molar-refractivity contribution < 1.29 is 5.11 Å². The van der Waals surface area contributed by atoms with Crippen LogP contribution in [0.2, 0.25) is 0 Å². The van der Waals surface area contributed by atoms with Gasteiger partial charge in [-0.15, -0.1) is 0 Å². The van der Waals surface area contributed by atoms with E-state index in [2.05, 4.69) is 133 Å². The van der Waals surface area contributed by atoms with E-state index in [0.29, 0.717) is 5.75 Å². The average Bonchev–Trinajstić information content (AvgIpc) is 3.04. The molecule has 0 aliphatic heterocycles. The summed E-state index contributed by atoms with van der Waals surface area (Å²) in [5, 5.41) is 20.1. The Labute approximate surface area is 239 Å². The lowest BCUT2D eigenvalue weighted by Gasteiger charge is -2.37. The molecule has 1 heteroatoms. The first-order chi connectivity index (χ1) is 20.2. The maximum Gasteiger partial charge on any atom is 0.123 e. The third-order valence-corrected chi connectivity index (χ3v) is 8.96. The van der Waals surface area contributed by atoms with Crippen LogP contribution in [0.3, 0.4) is 0 Å². The minimum atomic E-state index is -0.419. The molecule has 0 aliphatic rings. The van der Waals surface area contributed by atoms with Gasteiger partial charge in [-0.25, -0.2) is 0 Å². The Hall–Kier alpha value is -5.14. The van der Waals surface area contributed by atoms with Gasteiger partial charge in [0.25, 0.3) is 0 Å². The quantitative estimate of drug-likeness (QED) is 0.175. The number of fused-ring (bicyclic) bond motifs is 1. The van der Waals surface area contributed by atoms with Crippen molar-refractivity contribution in [3.05, 3.63) is 174 Å². The van der Waals surface area contributed by atoms with E-state index in [1.54, 1.807) is 6.07 Å².